The third kappa shape index (κ3) is 3.78. The van der Waals surface area contributed by atoms with Crippen molar-refractivity contribution in [3.63, 3.8) is 0 Å². The van der Waals surface area contributed by atoms with Crippen LogP contribution in [0.3, 0.4) is 0 Å². The Morgan fingerprint density at radius 1 is 1.14 bits per heavy atom. The maximum atomic E-state index is 14.3. The molecule has 0 aliphatic carbocycles. The van der Waals surface area contributed by atoms with Crippen LogP contribution in [-0.4, -0.2) is 23.9 Å². The van der Waals surface area contributed by atoms with Gasteiger partial charge in [-0.15, -0.1) is 0 Å². The molecule has 0 aromatic heterocycles. The number of allylic oxidation sites excluding steroid dienone is 1. The summed E-state index contributed by atoms with van der Waals surface area (Å²) in [5, 5.41) is 0. The largest absolute Gasteiger partial charge is 0.466 e. The first-order valence-electron chi connectivity index (χ1n) is 8.60. The van der Waals surface area contributed by atoms with Gasteiger partial charge in [-0.1, -0.05) is 18.2 Å². The number of amides is 1. The van der Waals surface area contributed by atoms with Crippen molar-refractivity contribution >= 4 is 11.9 Å². The molecule has 2 aromatic rings. The second kappa shape index (κ2) is 7.88. The van der Waals surface area contributed by atoms with Gasteiger partial charge in [0.1, 0.15) is 17.5 Å². The molecule has 0 N–H and O–H groups in total. The normalized spacial score (nSPS) is 17.1. The molecular formula is C21H18F3NO3. The van der Waals surface area contributed by atoms with Gasteiger partial charge < -0.3 is 9.64 Å². The minimum atomic E-state index is -0.899. The number of hydrogen-bond acceptors (Lipinski definition) is 3. The van der Waals surface area contributed by atoms with E-state index < -0.39 is 29.3 Å². The van der Waals surface area contributed by atoms with Crippen molar-refractivity contribution in [2.45, 2.75) is 25.8 Å². The SMILES string of the molecule is COC(=O)C1=C(C)N(Cc2cccc(F)c2)C(=O)CC1c1ccc(F)cc1F. The van der Waals surface area contributed by atoms with E-state index in [1.165, 1.54) is 36.3 Å². The number of carbonyl (C=O) groups is 2. The van der Waals surface area contributed by atoms with E-state index in [-0.39, 0.29) is 30.0 Å². The highest BCUT2D eigenvalue weighted by Gasteiger charge is 2.37. The molecule has 1 atom stereocenters. The highest BCUT2D eigenvalue weighted by molar-refractivity contribution is 5.95. The molecule has 1 heterocycles. The summed E-state index contributed by atoms with van der Waals surface area (Å²) in [7, 11) is 1.19. The standard InChI is InChI=1S/C21H18F3NO3/c1-12-20(21(27)28-2)17(16-7-6-15(23)9-18(16)24)10-19(26)25(12)11-13-4-3-5-14(22)8-13/h3-9,17H,10-11H2,1-2H3. The van der Waals surface area contributed by atoms with Crippen molar-refractivity contribution in [3.05, 3.63) is 82.3 Å². The summed E-state index contributed by atoms with van der Waals surface area (Å²) in [4.78, 5) is 26.5. The lowest BCUT2D eigenvalue weighted by Crippen LogP contribution is -2.38. The Morgan fingerprint density at radius 3 is 2.50 bits per heavy atom. The van der Waals surface area contributed by atoms with Crippen LogP contribution < -0.4 is 0 Å². The van der Waals surface area contributed by atoms with Crippen LogP contribution in [0, 0.1) is 17.5 Å². The third-order valence-corrected chi connectivity index (χ3v) is 4.80. The summed E-state index contributed by atoms with van der Waals surface area (Å²) < 4.78 is 45.9. The van der Waals surface area contributed by atoms with Gasteiger partial charge in [0.2, 0.25) is 5.91 Å². The highest BCUT2D eigenvalue weighted by Crippen LogP contribution is 2.38. The topological polar surface area (TPSA) is 46.6 Å². The predicted octanol–water partition coefficient (Wildman–Crippen LogP) is 4.07. The van der Waals surface area contributed by atoms with Crippen LogP contribution in [0.15, 0.2) is 53.7 Å². The number of ether oxygens (including phenoxy) is 1. The number of esters is 1. The van der Waals surface area contributed by atoms with Crippen LogP contribution in [0.2, 0.25) is 0 Å². The Morgan fingerprint density at radius 2 is 1.86 bits per heavy atom. The first kappa shape index (κ1) is 19.7. The number of methoxy groups -OCH3 is 1. The van der Waals surface area contributed by atoms with E-state index in [9.17, 15) is 22.8 Å². The number of carbonyl (C=O) groups excluding carboxylic acids is 2. The Hall–Kier alpha value is -3.09. The van der Waals surface area contributed by atoms with E-state index in [0.717, 1.165) is 6.07 Å². The van der Waals surface area contributed by atoms with E-state index in [1.807, 2.05) is 0 Å². The maximum absolute atomic E-state index is 14.3. The molecule has 0 saturated heterocycles. The predicted molar refractivity (Wildman–Crippen MR) is 95.4 cm³/mol. The van der Waals surface area contributed by atoms with E-state index in [0.29, 0.717) is 17.3 Å². The molecule has 0 bridgehead atoms. The summed E-state index contributed by atoms with van der Waals surface area (Å²) >= 11 is 0. The molecule has 1 aliphatic heterocycles. The Bertz CT molecular complexity index is 971. The summed E-state index contributed by atoms with van der Waals surface area (Å²) in [5.74, 6) is -4.00. The average Bonchev–Trinajstić information content (AvgIpc) is 2.64. The molecule has 3 rings (SSSR count). The molecule has 1 unspecified atom stereocenters. The van der Waals surface area contributed by atoms with E-state index >= 15 is 0 Å². The monoisotopic (exact) mass is 389 g/mol. The molecular weight excluding hydrogens is 371 g/mol. The van der Waals surface area contributed by atoms with Crippen LogP contribution in [-0.2, 0) is 20.9 Å². The van der Waals surface area contributed by atoms with Crippen LogP contribution in [0.1, 0.15) is 30.4 Å². The number of benzene rings is 2. The fourth-order valence-electron chi connectivity index (χ4n) is 3.45. The summed E-state index contributed by atoms with van der Waals surface area (Å²) in [6.45, 7) is 1.61. The molecule has 1 aliphatic rings. The first-order chi connectivity index (χ1) is 13.3. The van der Waals surface area contributed by atoms with Crippen molar-refractivity contribution in [2.75, 3.05) is 7.11 Å². The van der Waals surface area contributed by atoms with Gasteiger partial charge in [-0.2, -0.15) is 0 Å². The molecule has 28 heavy (non-hydrogen) atoms. The van der Waals surface area contributed by atoms with Crippen LogP contribution in [0.5, 0.6) is 0 Å². The summed E-state index contributed by atoms with van der Waals surface area (Å²) in [6, 6.07) is 8.78. The third-order valence-electron chi connectivity index (χ3n) is 4.80. The molecule has 1 amide bonds. The van der Waals surface area contributed by atoms with Crippen molar-refractivity contribution in [1.29, 1.82) is 0 Å². The second-order valence-electron chi connectivity index (χ2n) is 6.52. The van der Waals surface area contributed by atoms with E-state index in [4.69, 9.17) is 4.74 Å². The average molecular weight is 389 g/mol. The Balaban J connectivity index is 2.06. The molecule has 0 radical (unpaired) electrons. The van der Waals surface area contributed by atoms with Crippen molar-refractivity contribution in [3.8, 4) is 0 Å². The van der Waals surface area contributed by atoms with Gasteiger partial charge in [0.05, 0.1) is 19.2 Å². The quantitative estimate of drug-likeness (QED) is 0.741. The Kier molecular flexibility index (Phi) is 5.53. The first-order valence-corrected chi connectivity index (χ1v) is 8.60. The maximum Gasteiger partial charge on any atom is 0.336 e. The number of hydrogen-bond donors (Lipinski definition) is 0. The van der Waals surface area contributed by atoms with Crippen LogP contribution >= 0.6 is 0 Å². The van der Waals surface area contributed by atoms with Crippen molar-refractivity contribution < 1.29 is 27.5 Å². The van der Waals surface area contributed by atoms with Gasteiger partial charge in [-0.3, -0.25) is 4.79 Å². The zero-order chi connectivity index (χ0) is 20.4. The van der Waals surface area contributed by atoms with Crippen molar-refractivity contribution in [2.24, 2.45) is 0 Å². The van der Waals surface area contributed by atoms with Gasteiger partial charge >= 0.3 is 5.97 Å². The molecule has 4 nitrogen and oxygen atoms in total. The lowest BCUT2D eigenvalue weighted by molar-refractivity contribution is -0.138. The lowest BCUT2D eigenvalue weighted by Gasteiger charge is -2.34. The van der Waals surface area contributed by atoms with Gasteiger partial charge in [-0.05, 0) is 36.2 Å². The molecule has 2 aromatic carbocycles. The summed E-state index contributed by atoms with van der Waals surface area (Å²) in [5.41, 5.74) is 0.994. The Labute approximate surface area is 160 Å². The number of halogens is 3. The lowest BCUT2D eigenvalue weighted by atomic mass is 9.83. The number of nitrogens with zero attached hydrogens (tertiary/aromatic N) is 1. The van der Waals surface area contributed by atoms with E-state index in [1.54, 1.807) is 13.0 Å². The van der Waals surface area contributed by atoms with Crippen LogP contribution in [0.4, 0.5) is 13.2 Å². The van der Waals surface area contributed by atoms with Gasteiger partial charge in [0.15, 0.2) is 0 Å². The molecule has 146 valence electrons. The van der Waals surface area contributed by atoms with E-state index in [2.05, 4.69) is 0 Å². The second-order valence-corrected chi connectivity index (χ2v) is 6.52. The van der Waals surface area contributed by atoms with Gasteiger partial charge in [-0.25, -0.2) is 18.0 Å². The highest BCUT2D eigenvalue weighted by atomic mass is 19.1. The molecule has 0 fully saturated rings. The van der Waals surface area contributed by atoms with Crippen molar-refractivity contribution in [1.82, 2.24) is 4.90 Å². The van der Waals surface area contributed by atoms with Gasteiger partial charge in [0, 0.05) is 24.1 Å². The summed E-state index contributed by atoms with van der Waals surface area (Å²) in [6.07, 6.45) is -0.195. The van der Waals surface area contributed by atoms with Gasteiger partial charge in [0.25, 0.3) is 0 Å². The van der Waals surface area contributed by atoms with Crippen LogP contribution in [0.25, 0.3) is 0 Å². The minimum absolute atomic E-state index is 0.0416. The fraction of sp³-hybridized carbons (Fsp3) is 0.238. The molecule has 0 spiro atoms. The number of rotatable bonds is 4. The molecule has 0 saturated carbocycles. The molecule has 7 heteroatoms. The minimum Gasteiger partial charge on any atom is -0.466 e. The zero-order valence-electron chi connectivity index (χ0n) is 15.3. The zero-order valence-corrected chi connectivity index (χ0v) is 15.3. The smallest absolute Gasteiger partial charge is 0.336 e. The fourth-order valence-corrected chi connectivity index (χ4v) is 3.45.